The Morgan fingerprint density at radius 2 is 0.839 bits per heavy atom. The number of aromatic nitrogens is 3. The van der Waals surface area contributed by atoms with Crippen molar-refractivity contribution in [1.82, 2.24) is 15.0 Å². The van der Waals surface area contributed by atoms with Crippen molar-refractivity contribution in [2.75, 3.05) is 61.5 Å². The molecule has 0 saturated carbocycles. The Hall–Kier alpha value is -11.2. The van der Waals surface area contributed by atoms with E-state index in [4.69, 9.17) is 55.9 Å². The minimum atomic E-state index is -0.740. The van der Waals surface area contributed by atoms with Gasteiger partial charge in [0.15, 0.2) is 28.2 Å². The second-order valence-electron chi connectivity index (χ2n) is 19.2. The van der Waals surface area contributed by atoms with Crippen molar-refractivity contribution in [3.05, 3.63) is 175 Å². The Balaban J connectivity index is 0.000000135. The maximum absolute atomic E-state index is 13.0. The number of methoxy groups -OCH3 is 4. The van der Waals surface area contributed by atoms with Gasteiger partial charge in [0.1, 0.15) is 69.7 Å². The predicted octanol–water partition coefficient (Wildman–Crippen LogP) is 12.2. The minimum Gasteiger partial charge on any atom is -0.497 e. The second-order valence-corrected chi connectivity index (χ2v) is 19.2. The number of fused-ring (bicyclic) bond motifs is 10. The molecule has 0 atom stereocenters. The van der Waals surface area contributed by atoms with E-state index in [0.717, 1.165) is 16.2 Å². The molecule has 12 aromatic rings. The summed E-state index contributed by atoms with van der Waals surface area (Å²) in [5, 5.41) is 2.23. The van der Waals surface area contributed by atoms with Gasteiger partial charge in [-0.2, -0.15) is 0 Å². The average molecular weight is 1180 g/mol. The molecule has 7 heterocycles. The van der Waals surface area contributed by atoms with E-state index in [2.05, 4.69) is 15.0 Å². The predicted molar refractivity (Wildman–Crippen MR) is 324 cm³/mol. The van der Waals surface area contributed by atoms with Crippen molar-refractivity contribution in [2.24, 2.45) is 0 Å². The molecule has 13 rings (SSSR count). The highest BCUT2D eigenvalue weighted by Gasteiger charge is 2.31. The molecule has 0 saturated heterocycles. The highest BCUT2D eigenvalue weighted by Crippen LogP contribution is 2.44. The summed E-state index contributed by atoms with van der Waals surface area (Å²) in [5.41, 5.74) is 5.02. The SMILES string of the molecule is CCOC(=O)c1c(-c2cc(OC)ccc2OC)c2oc3ccccc3c2[nH]c1=O.CCOC(=O)c1c(-c2ccc(OC)cc2OC)c2oc3ccccc3c2[nH]c1=O.CCOC(=O)c1c(-c2ccc3c(c2)OCCO3)c2oc3ccccc3c2[nH]c1=O. The van der Waals surface area contributed by atoms with Crippen LogP contribution in [-0.2, 0) is 14.2 Å². The molecule has 442 valence electrons. The smallest absolute Gasteiger partial charge is 0.344 e. The molecule has 21 nitrogen and oxygen atoms in total. The fraction of sp³-hybridized carbons (Fsp3) is 0.182. The number of aromatic amines is 3. The first-order chi connectivity index (χ1) is 42.3. The number of para-hydroxylation sites is 3. The molecule has 21 heteroatoms. The van der Waals surface area contributed by atoms with Crippen molar-refractivity contribution < 1.29 is 70.3 Å². The molecule has 6 aromatic carbocycles. The summed E-state index contributed by atoms with van der Waals surface area (Å²) in [5.74, 6) is 0.998. The number of carbonyl (C=O) groups is 3. The van der Waals surface area contributed by atoms with Crippen molar-refractivity contribution in [3.63, 3.8) is 0 Å². The van der Waals surface area contributed by atoms with Gasteiger partial charge in [0.2, 0.25) is 0 Å². The van der Waals surface area contributed by atoms with Gasteiger partial charge in [0.05, 0.1) is 75.9 Å². The fourth-order valence-electron chi connectivity index (χ4n) is 10.4. The van der Waals surface area contributed by atoms with Gasteiger partial charge in [-0.15, -0.1) is 0 Å². The van der Waals surface area contributed by atoms with Gasteiger partial charge in [-0.05, 0) is 105 Å². The van der Waals surface area contributed by atoms with E-state index < -0.39 is 34.6 Å². The minimum absolute atomic E-state index is 0.102. The number of nitrogens with one attached hydrogen (secondary N) is 3. The van der Waals surface area contributed by atoms with Gasteiger partial charge >= 0.3 is 17.9 Å². The van der Waals surface area contributed by atoms with E-state index >= 15 is 0 Å². The number of ether oxygens (including phenoxy) is 9. The lowest BCUT2D eigenvalue weighted by Gasteiger charge is -2.19. The first-order valence-electron chi connectivity index (χ1n) is 27.4. The molecule has 0 radical (unpaired) electrons. The topological polar surface area (TPSA) is 272 Å². The second kappa shape index (κ2) is 24.5. The number of rotatable bonds is 13. The van der Waals surface area contributed by atoms with Crippen molar-refractivity contribution in [1.29, 1.82) is 0 Å². The van der Waals surface area contributed by atoms with Crippen LogP contribution in [0.5, 0.6) is 34.5 Å². The molecule has 6 aromatic heterocycles. The van der Waals surface area contributed by atoms with Crippen LogP contribution in [0.4, 0.5) is 0 Å². The Labute approximate surface area is 492 Å². The number of pyridine rings is 3. The third-order valence-electron chi connectivity index (χ3n) is 14.2. The third-order valence-corrected chi connectivity index (χ3v) is 14.2. The molecular weight excluding hydrogens is 1120 g/mol. The van der Waals surface area contributed by atoms with E-state index in [0.29, 0.717) is 131 Å². The zero-order valence-electron chi connectivity index (χ0n) is 48.0. The normalized spacial score (nSPS) is 11.7. The molecule has 0 unspecified atom stereocenters. The molecule has 1 aliphatic heterocycles. The summed E-state index contributed by atoms with van der Waals surface area (Å²) in [6.45, 7) is 6.36. The Morgan fingerprint density at radius 3 is 1.30 bits per heavy atom. The van der Waals surface area contributed by atoms with Gasteiger partial charge in [-0.25, -0.2) is 14.4 Å². The maximum atomic E-state index is 13.0. The van der Waals surface area contributed by atoms with Crippen molar-refractivity contribution in [3.8, 4) is 67.9 Å². The van der Waals surface area contributed by atoms with Crippen molar-refractivity contribution in [2.45, 2.75) is 20.8 Å². The average Bonchev–Trinajstić information content (AvgIpc) is 1.92. The maximum Gasteiger partial charge on any atom is 0.344 e. The van der Waals surface area contributed by atoms with Crippen LogP contribution in [0.25, 0.3) is 99.6 Å². The monoisotopic (exact) mass is 1180 g/mol. The molecule has 1 aliphatic rings. The first kappa shape index (κ1) is 57.6. The summed E-state index contributed by atoms with van der Waals surface area (Å²) >= 11 is 0. The summed E-state index contributed by atoms with van der Waals surface area (Å²) in [6.07, 6.45) is 0. The van der Waals surface area contributed by atoms with Gasteiger partial charge in [0, 0.05) is 38.9 Å². The molecule has 3 N–H and O–H groups in total. The highest BCUT2D eigenvalue weighted by molar-refractivity contribution is 6.15. The number of carbonyl (C=O) groups excluding carboxylic acids is 3. The zero-order valence-corrected chi connectivity index (χ0v) is 48.0. The van der Waals surface area contributed by atoms with Crippen LogP contribution in [0.2, 0.25) is 0 Å². The van der Waals surface area contributed by atoms with Gasteiger partial charge < -0.3 is 70.8 Å². The van der Waals surface area contributed by atoms with Crippen LogP contribution in [0.1, 0.15) is 51.8 Å². The molecule has 0 aliphatic carbocycles. The number of benzene rings is 6. The number of furan rings is 3. The van der Waals surface area contributed by atoms with Crippen LogP contribution >= 0.6 is 0 Å². The lowest BCUT2D eigenvalue weighted by molar-refractivity contribution is 0.0515. The largest absolute Gasteiger partial charge is 0.497 e. The molecule has 0 amide bonds. The summed E-state index contributed by atoms with van der Waals surface area (Å²) in [4.78, 5) is 85.2. The zero-order chi connectivity index (χ0) is 61.0. The highest BCUT2D eigenvalue weighted by atomic mass is 16.6. The van der Waals surface area contributed by atoms with Crippen molar-refractivity contribution >= 4 is 84.1 Å². The number of esters is 3. The lowest BCUT2D eigenvalue weighted by atomic mass is 9.98. The van der Waals surface area contributed by atoms with Crippen LogP contribution in [-0.4, -0.2) is 94.3 Å². The first-order valence-corrected chi connectivity index (χ1v) is 27.4. The summed E-state index contributed by atoms with van der Waals surface area (Å²) in [7, 11) is 6.10. The van der Waals surface area contributed by atoms with Crippen LogP contribution in [0, 0.1) is 0 Å². The Morgan fingerprint density at radius 1 is 0.425 bits per heavy atom. The third kappa shape index (κ3) is 10.7. The molecule has 0 bridgehead atoms. The Kier molecular flexibility index (Phi) is 16.2. The summed E-state index contributed by atoms with van der Waals surface area (Å²) < 4.78 is 66.5. The van der Waals surface area contributed by atoms with Gasteiger partial charge in [-0.3, -0.25) is 14.4 Å². The van der Waals surface area contributed by atoms with Crippen LogP contribution in [0.15, 0.2) is 155 Å². The lowest BCUT2D eigenvalue weighted by Crippen LogP contribution is -2.21. The number of hydrogen-bond acceptors (Lipinski definition) is 18. The van der Waals surface area contributed by atoms with Gasteiger partial charge in [-0.1, -0.05) is 42.5 Å². The Bertz CT molecular complexity index is 4850. The summed E-state index contributed by atoms with van der Waals surface area (Å²) in [6, 6.07) is 37.6. The standard InChI is InChI=1S/C22H17NO6.2C22H19NO6/c1-2-26-22(25)18-17(12-7-8-15-16(11-12)28-10-9-27-15)20-19(23-21(18)24)13-5-3-4-6-14(13)29-20;1-4-28-22(25)18-17(13-10-9-12(26-2)11-16(13)27-3)20-19(23-21(18)24)14-7-5-6-8-15(14)29-20;1-4-28-22(25)18-17(14-11-12(26-2)9-10-15(14)27-3)20-19(23-21(18)24)13-7-5-6-8-16(13)29-20/h3-8,11H,2,9-10H2,1H3,(H,23,24);2*5-11H,4H2,1-3H3,(H,23,24). The number of H-pyrrole nitrogens is 3. The fourth-order valence-corrected chi connectivity index (χ4v) is 10.4. The molecular formula is C66H55N3O18. The van der Waals surface area contributed by atoms with E-state index in [9.17, 15) is 28.8 Å². The van der Waals surface area contributed by atoms with Crippen LogP contribution in [0.3, 0.4) is 0 Å². The van der Waals surface area contributed by atoms with E-state index in [1.54, 1.807) is 94.6 Å². The molecule has 87 heavy (non-hydrogen) atoms. The quantitative estimate of drug-likeness (QED) is 0.0715. The van der Waals surface area contributed by atoms with E-state index in [1.807, 2.05) is 60.7 Å². The molecule has 0 fully saturated rings. The molecule has 0 spiro atoms. The van der Waals surface area contributed by atoms with E-state index in [-0.39, 0.29) is 36.5 Å². The van der Waals surface area contributed by atoms with Gasteiger partial charge in [0.25, 0.3) is 16.7 Å². The van der Waals surface area contributed by atoms with E-state index in [1.165, 1.54) is 21.3 Å². The van der Waals surface area contributed by atoms with Crippen LogP contribution < -0.4 is 45.1 Å². The number of hydrogen-bond donors (Lipinski definition) is 3.